The highest BCUT2D eigenvalue weighted by atomic mass is 32.2. The minimum atomic E-state index is -1.15. The summed E-state index contributed by atoms with van der Waals surface area (Å²) in [5.74, 6) is -2.21. The minimum absolute atomic E-state index is 0.0409. The molecule has 0 aliphatic carbocycles. The maximum Gasteiger partial charge on any atom is 0.353 e. The molecule has 0 aromatic carbocycles. The van der Waals surface area contributed by atoms with Crippen LogP contribution in [0.15, 0.2) is 28.0 Å². The van der Waals surface area contributed by atoms with Crippen molar-refractivity contribution in [3.8, 4) is 0 Å². The largest absolute Gasteiger partial charge is 0.477 e. The van der Waals surface area contributed by atoms with E-state index in [1.165, 1.54) is 34.3 Å². The average molecular weight is 335 g/mol. The van der Waals surface area contributed by atoms with Gasteiger partial charge in [0.15, 0.2) is 5.16 Å². The first-order valence-electron chi connectivity index (χ1n) is 5.97. The predicted octanol–water partition coefficient (Wildman–Crippen LogP) is 0.380. The molecule has 0 bridgehead atoms. The van der Waals surface area contributed by atoms with Crippen LogP contribution in [0, 0.1) is 0 Å². The van der Waals surface area contributed by atoms with Gasteiger partial charge in [-0.2, -0.15) is 0 Å². The number of nitrogens with zero attached hydrogens (tertiary/aromatic N) is 3. The third-order valence-electron chi connectivity index (χ3n) is 3.33. The van der Waals surface area contributed by atoms with Gasteiger partial charge in [0.1, 0.15) is 11.1 Å². The smallest absolute Gasteiger partial charge is 0.353 e. The number of carboxylic acid groups (broad SMARTS) is 1. The van der Waals surface area contributed by atoms with Crippen LogP contribution in [0.2, 0.25) is 0 Å². The Labute approximate surface area is 130 Å². The predicted molar refractivity (Wildman–Crippen MR) is 75.6 cm³/mol. The second-order valence-corrected chi connectivity index (χ2v) is 6.48. The van der Waals surface area contributed by atoms with Crippen LogP contribution in [0.25, 0.3) is 6.08 Å². The van der Waals surface area contributed by atoms with Crippen molar-refractivity contribution >= 4 is 52.5 Å². The zero-order valence-corrected chi connectivity index (χ0v) is 12.2. The number of fused-ring (bicyclic) bond motifs is 2. The summed E-state index contributed by atoms with van der Waals surface area (Å²) in [5.41, 5.74) is 0.759. The Balaban J connectivity index is 1.62. The van der Waals surface area contributed by atoms with Crippen molar-refractivity contribution in [1.29, 1.82) is 0 Å². The number of amides is 1. The van der Waals surface area contributed by atoms with E-state index in [4.69, 9.17) is 5.11 Å². The van der Waals surface area contributed by atoms with E-state index >= 15 is 0 Å². The van der Waals surface area contributed by atoms with E-state index in [1.54, 1.807) is 0 Å². The highest BCUT2D eigenvalue weighted by molar-refractivity contribution is 8.15. The van der Waals surface area contributed by atoms with Gasteiger partial charge in [0.2, 0.25) is 0 Å². The summed E-state index contributed by atoms with van der Waals surface area (Å²) in [6, 6.07) is 0. The molecule has 1 amide bonds. The van der Waals surface area contributed by atoms with Crippen molar-refractivity contribution in [1.82, 2.24) is 14.5 Å². The molecule has 0 radical (unpaired) electrons. The number of aromatic nitrogens is 2. The summed E-state index contributed by atoms with van der Waals surface area (Å²) in [5, 5.41) is 9.72. The van der Waals surface area contributed by atoms with Gasteiger partial charge in [0, 0.05) is 11.6 Å². The Morgan fingerprint density at radius 2 is 2.09 bits per heavy atom. The van der Waals surface area contributed by atoms with Gasteiger partial charge in [-0.15, -0.1) is 11.8 Å². The number of carbonyl (C=O) groups is 4. The van der Waals surface area contributed by atoms with Crippen LogP contribution in [-0.4, -0.2) is 47.8 Å². The van der Waals surface area contributed by atoms with Crippen LogP contribution in [0.5, 0.6) is 0 Å². The average Bonchev–Trinajstić information content (AvgIpc) is 3.11. The van der Waals surface area contributed by atoms with Gasteiger partial charge in [-0.1, -0.05) is 0 Å². The SMILES string of the molecule is O=C(O)C1=CS[C@@H]2/C(=C\c3cn4c(n3)SC(=O)C4=O)C(=O)N12. The lowest BCUT2D eigenvalue weighted by Gasteiger charge is -2.36. The second kappa shape index (κ2) is 4.34. The van der Waals surface area contributed by atoms with Crippen LogP contribution >= 0.6 is 23.5 Å². The topological polar surface area (TPSA) is 110 Å². The summed E-state index contributed by atoms with van der Waals surface area (Å²) in [4.78, 5) is 51.1. The number of β-lactam (4-membered cyclic amide) rings is 1. The van der Waals surface area contributed by atoms with E-state index < -0.39 is 22.9 Å². The number of hydrogen-bond donors (Lipinski definition) is 1. The fourth-order valence-corrected chi connectivity index (χ4v) is 4.17. The Bertz CT molecular complexity index is 853. The Hall–Kier alpha value is -2.33. The lowest BCUT2D eigenvalue weighted by Crippen LogP contribution is -2.51. The number of imidazole rings is 1. The number of thioether (sulfide) groups is 2. The maximum atomic E-state index is 12.0. The summed E-state index contributed by atoms with van der Waals surface area (Å²) in [7, 11) is 0. The van der Waals surface area contributed by atoms with Crippen LogP contribution in [-0.2, 0) is 14.4 Å². The van der Waals surface area contributed by atoms with E-state index in [1.807, 2.05) is 0 Å². The molecule has 10 heteroatoms. The molecule has 0 spiro atoms. The Kier molecular flexibility index (Phi) is 2.63. The molecule has 22 heavy (non-hydrogen) atoms. The maximum absolute atomic E-state index is 12.0. The van der Waals surface area contributed by atoms with E-state index in [2.05, 4.69) is 4.98 Å². The Morgan fingerprint density at radius 3 is 2.77 bits per heavy atom. The minimum Gasteiger partial charge on any atom is -0.477 e. The number of carbonyl (C=O) groups excluding carboxylic acids is 3. The molecule has 4 rings (SSSR count). The number of aliphatic carboxylic acids is 1. The van der Waals surface area contributed by atoms with Crippen LogP contribution in [0.3, 0.4) is 0 Å². The van der Waals surface area contributed by atoms with E-state index in [-0.39, 0.29) is 16.2 Å². The monoisotopic (exact) mass is 335 g/mol. The first-order chi connectivity index (χ1) is 10.5. The highest BCUT2D eigenvalue weighted by Crippen LogP contribution is 2.45. The fourth-order valence-electron chi connectivity index (χ4n) is 2.32. The molecular weight excluding hydrogens is 330 g/mol. The molecular formula is C12H5N3O5S2. The fraction of sp³-hybridized carbons (Fsp3) is 0.0833. The summed E-state index contributed by atoms with van der Waals surface area (Å²) >= 11 is 1.97. The molecule has 3 aliphatic heterocycles. The number of rotatable bonds is 2. The van der Waals surface area contributed by atoms with Gasteiger partial charge in [0.05, 0.1) is 11.3 Å². The quantitative estimate of drug-likeness (QED) is 0.469. The highest BCUT2D eigenvalue weighted by Gasteiger charge is 2.49. The zero-order valence-electron chi connectivity index (χ0n) is 10.5. The lowest BCUT2D eigenvalue weighted by atomic mass is 10.0. The molecule has 0 saturated carbocycles. The van der Waals surface area contributed by atoms with Crippen molar-refractivity contribution < 1.29 is 24.3 Å². The molecule has 3 aliphatic rings. The van der Waals surface area contributed by atoms with Crippen molar-refractivity contribution in [3.05, 3.63) is 28.6 Å². The lowest BCUT2D eigenvalue weighted by molar-refractivity contribution is -0.141. The van der Waals surface area contributed by atoms with E-state index in [9.17, 15) is 19.2 Å². The number of hydrogen-bond acceptors (Lipinski definition) is 7. The van der Waals surface area contributed by atoms with Gasteiger partial charge in [-0.3, -0.25) is 23.9 Å². The molecule has 8 nitrogen and oxygen atoms in total. The number of carboxylic acids is 1. The normalized spacial score (nSPS) is 24.5. The molecule has 0 unspecified atom stereocenters. The van der Waals surface area contributed by atoms with Crippen molar-refractivity contribution in [2.24, 2.45) is 0 Å². The zero-order chi connectivity index (χ0) is 15.6. The molecule has 4 heterocycles. The molecule has 1 atom stereocenters. The van der Waals surface area contributed by atoms with Crippen molar-refractivity contribution in [2.45, 2.75) is 10.5 Å². The van der Waals surface area contributed by atoms with Crippen LogP contribution < -0.4 is 0 Å². The van der Waals surface area contributed by atoms with Gasteiger partial charge in [0.25, 0.3) is 11.0 Å². The second-order valence-electron chi connectivity index (χ2n) is 4.58. The van der Waals surface area contributed by atoms with Crippen molar-refractivity contribution in [2.75, 3.05) is 0 Å². The van der Waals surface area contributed by atoms with Gasteiger partial charge >= 0.3 is 11.9 Å². The molecule has 1 fully saturated rings. The van der Waals surface area contributed by atoms with Crippen LogP contribution in [0.1, 0.15) is 10.5 Å². The summed E-state index contributed by atoms with van der Waals surface area (Å²) < 4.78 is 1.14. The van der Waals surface area contributed by atoms with Gasteiger partial charge in [-0.25, -0.2) is 9.78 Å². The first kappa shape index (κ1) is 13.3. The molecule has 1 N–H and O–H groups in total. The standard InChI is InChI=1S/C12H5N3O5S2/c16-7-5(9-15(7)6(3-21-9)10(18)19)1-4-2-14-8(17)11(20)22-12(14)13-4/h1-3,9H,(H,18,19)/b5-1-/t9-/m1/s1. The molecule has 1 aromatic heterocycles. The third kappa shape index (κ3) is 1.64. The van der Waals surface area contributed by atoms with Gasteiger partial charge in [-0.05, 0) is 17.8 Å². The summed E-state index contributed by atoms with van der Waals surface area (Å²) in [6.45, 7) is 0. The molecule has 1 aromatic rings. The Morgan fingerprint density at radius 1 is 1.32 bits per heavy atom. The van der Waals surface area contributed by atoms with Gasteiger partial charge < -0.3 is 5.11 Å². The first-order valence-corrected chi connectivity index (χ1v) is 7.73. The van der Waals surface area contributed by atoms with E-state index in [0.717, 1.165) is 16.3 Å². The molecule has 110 valence electrons. The molecule has 1 saturated heterocycles. The third-order valence-corrected chi connectivity index (χ3v) is 5.24. The van der Waals surface area contributed by atoms with Crippen LogP contribution in [0.4, 0.5) is 0 Å². The summed E-state index contributed by atoms with van der Waals surface area (Å²) in [6.07, 6.45) is 2.91. The van der Waals surface area contributed by atoms with Crippen molar-refractivity contribution in [3.63, 3.8) is 0 Å². The van der Waals surface area contributed by atoms with E-state index in [0.29, 0.717) is 11.3 Å².